The van der Waals surface area contributed by atoms with Crippen LogP contribution in [0, 0.1) is 10.2 Å². The number of ketones is 2. The molecule has 0 amide bonds. The van der Waals surface area contributed by atoms with Crippen LogP contribution in [0.15, 0.2) is 206 Å². The third-order valence-corrected chi connectivity index (χ3v) is 13.3. The van der Waals surface area contributed by atoms with Gasteiger partial charge in [-0.15, -0.1) is 10.2 Å². The van der Waals surface area contributed by atoms with E-state index >= 15 is 9.59 Å². The number of halogens is 1. The Kier molecular flexibility index (Phi) is 14.9. The minimum absolute atomic E-state index is 0.00499. The Bertz CT molecular complexity index is 3410. The van der Waals surface area contributed by atoms with Crippen LogP contribution in [-0.2, 0) is 30.6 Å². The van der Waals surface area contributed by atoms with Gasteiger partial charge in [0, 0.05) is 57.9 Å². The van der Waals surface area contributed by atoms with Crippen LogP contribution in [-0.4, -0.2) is 23.7 Å². The van der Waals surface area contributed by atoms with Crippen molar-refractivity contribution in [3.8, 4) is 22.3 Å². The number of rotatable bonds is 8. The molecule has 11 heteroatoms. The predicted octanol–water partition coefficient (Wildman–Crippen LogP) is 4.53. The molecule has 8 aromatic carbocycles. The molecule has 3 aliphatic rings. The second kappa shape index (κ2) is 21.8. The van der Waals surface area contributed by atoms with E-state index in [1.807, 2.05) is 97.3 Å². The van der Waals surface area contributed by atoms with E-state index in [0.29, 0.717) is 22.3 Å². The SMILES string of the molecule is O=C1C(c2c(-c3ccccc3)ccc3ccccc23)=c2ccccc2=C/C1=C/N[C@H]1CCCC[C@@H]1N/C=C1/C=c2ccccc2=C(c2c(-c3ccccc3)ccc3ccccc23)C1=O.[O-][Cl+3]([O-])([O-])[O-].[O]=[V]. The molecule has 0 saturated heterocycles. The van der Waals surface area contributed by atoms with Gasteiger partial charge in [-0.2, -0.15) is 0 Å². The summed E-state index contributed by atoms with van der Waals surface area (Å²) in [7, 11) is -4.94. The average Bonchev–Trinajstić information content (AvgIpc) is 3.40. The van der Waals surface area contributed by atoms with Gasteiger partial charge in [0.1, 0.15) is 0 Å². The van der Waals surface area contributed by atoms with Crippen molar-refractivity contribution in [1.82, 2.24) is 10.6 Å². The molecule has 11 rings (SSSR count). The molecule has 351 valence electrons. The molecular formula is C60H46ClN2O7V-. The number of nitrogens with one attached hydrogen (secondary N) is 2. The van der Waals surface area contributed by atoms with Crippen LogP contribution in [0.4, 0.5) is 0 Å². The molecule has 8 aromatic rings. The van der Waals surface area contributed by atoms with Crippen LogP contribution in [0.25, 0.3) is 67.1 Å². The molecule has 1 saturated carbocycles. The van der Waals surface area contributed by atoms with Gasteiger partial charge in [-0.3, -0.25) is 9.59 Å². The maximum absolute atomic E-state index is 15.0. The van der Waals surface area contributed by atoms with Crippen molar-refractivity contribution in [1.29, 1.82) is 0 Å². The van der Waals surface area contributed by atoms with Gasteiger partial charge in [-0.1, -0.05) is 195 Å². The molecular weight excluding hydrogens is 947 g/mol. The van der Waals surface area contributed by atoms with Gasteiger partial charge in [0.25, 0.3) is 0 Å². The van der Waals surface area contributed by atoms with Crippen LogP contribution in [0.2, 0.25) is 0 Å². The summed E-state index contributed by atoms with van der Waals surface area (Å²) in [5.41, 5.74) is 8.79. The Labute approximate surface area is 421 Å². The fraction of sp³-hybridized carbons (Fsp3) is 0.100. The summed E-state index contributed by atoms with van der Waals surface area (Å²) in [4.78, 5) is 30.1. The zero-order valence-electron chi connectivity index (χ0n) is 38.3. The fourth-order valence-corrected chi connectivity index (χ4v) is 10.1. The normalized spacial score (nSPS) is 17.5. The van der Waals surface area contributed by atoms with E-state index in [1.54, 1.807) is 0 Å². The number of hydrogen-bond acceptors (Lipinski definition) is 9. The van der Waals surface area contributed by atoms with Crippen LogP contribution >= 0.6 is 0 Å². The average molecular weight is 993 g/mol. The Morgan fingerprint density at radius 3 is 1.21 bits per heavy atom. The monoisotopic (exact) mass is 992 g/mol. The molecule has 2 atom stereocenters. The van der Waals surface area contributed by atoms with E-state index in [-0.39, 0.29) is 23.7 Å². The molecule has 1 fully saturated rings. The van der Waals surface area contributed by atoms with E-state index < -0.39 is 10.2 Å². The van der Waals surface area contributed by atoms with Crippen LogP contribution < -0.4 is 50.1 Å². The van der Waals surface area contributed by atoms with Crippen molar-refractivity contribution in [2.24, 2.45) is 0 Å². The van der Waals surface area contributed by atoms with Crippen molar-refractivity contribution in [3.63, 3.8) is 0 Å². The van der Waals surface area contributed by atoms with Gasteiger partial charge in [0.15, 0.2) is 11.6 Å². The van der Waals surface area contributed by atoms with Crippen molar-refractivity contribution in [2.75, 3.05) is 0 Å². The Morgan fingerprint density at radius 2 is 0.803 bits per heavy atom. The number of carbonyl (C=O) groups is 2. The first-order valence-electron chi connectivity index (χ1n) is 23.2. The van der Waals surface area contributed by atoms with E-state index in [1.165, 1.54) is 0 Å². The molecule has 3 aliphatic carbocycles. The Hall–Kier alpha value is -7.31. The van der Waals surface area contributed by atoms with Crippen molar-refractivity contribution in [3.05, 3.63) is 238 Å². The van der Waals surface area contributed by atoms with E-state index in [4.69, 9.17) is 22.3 Å². The van der Waals surface area contributed by atoms with E-state index in [0.717, 1.165) is 119 Å². The summed E-state index contributed by atoms with van der Waals surface area (Å²) in [5.74, 6) is -0.00998. The summed E-state index contributed by atoms with van der Waals surface area (Å²) in [6.07, 6.45) is 11.9. The molecule has 0 unspecified atom stereocenters. The minimum atomic E-state index is -4.94. The topological polar surface area (TPSA) is 168 Å². The molecule has 0 heterocycles. The van der Waals surface area contributed by atoms with Gasteiger partial charge in [-0.25, -0.2) is 18.6 Å². The number of fused-ring (bicyclic) bond motifs is 4. The first-order chi connectivity index (χ1) is 34.6. The zero-order chi connectivity index (χ0) is 49.5. The third kappa shape index (κ3) is 10.6. The summed E-state index contributed by atoms with van der Waals surface area (Å²) < 4.78 is 42.2. The molecule has 0 spiro atoms. The second-order valence-corrected chi connectivity index (χ2v) is 18.2. The van der Waals surface area contributed by atoms with Crippen LogP contribution in [0.5, 0.6) is 0 Å². The second-order valence-electron chi connectivity index (χ2n) is 17.4. The summed E-state index contributed by atoms with van der Waals surface area (Å²) in [6.45, 7) is 0. The van der Waals surface area contributed by atoms with E-state index in [2.05, 4.69) is 120 Å². The molecule has 0 bridgehead atoms. The van der Waals surface area contributed by atoms with Gasteiger partial charge >= 0.3 is 21.0 Å². The number of carbonyl (C=O) groups excluding carboxylic acids is 2. The zero-order valence-corrected chi connectivity index (χ0v) is 40.4. The molecule has 0 radical (unpaired) electrons. The standard InChI is InChI=1S/C60H46N2O2.ClHO4.O.V/c63-59-45(35-43-23-9-13-27-49(43)57(59)55-47-25-11-7-21-41(47)31-33-51(55)39-17-3-1-4-18-39)37-61-53-29-15-16-30-54(53)62-38-46-36-44-24-10-14-28-50(44)58(60(46)64)56-48-26-12-8-22-42(48)32-34-52(56)40-19-5-2-6-20-40;2-1(3,4)5;;/h1-14,17-28,31-38,53-54,61-62H,15-16,29-30H2;(H,2,3,4,5);;/p-1/b45-37-,46-38-;;;/t53-,54-;;;/m0.../s1. The van der Waals surface area contributed by atoms with Crippen LogP contribution in [0.3, 0.4) is 0 Å². The fourth-order valence-electron chi connectivity index (χ4n) is 10.1. The van der Waals surface area contributed by atoms with Crippen molar-refractivity contribution < 1.29 is 59.5 Å². The molecule has 9 nitrogen and oxygen atoms in total. The van der Waals surface area contributed by atoms with Gasteiger partial charge in [0.05, 0.1) is 0 Å². The molecule has 0 aromatic heterocycles. The van der Waals surface area contributed by atoms with Gasteiger partial charge in [-0.05, 0) is 89.7 Å². The number of allylic oxidation sites excluding steroid dienone is 2. The maximum atomic E-state index is 15.0. The van der Waals surface area contributed by atoms with Gasteiger partial charge in [0.2, 0.25) is 0 Å². The number of hydrogen-bond donors (Lipinski definition) is 2. The Balaban J connectivity index is 0.000000841. The Morgan fingerprint density at radius 1 is 0.451 bits per heavy atom. The van der Waals surface area contributed by atoms with Crippen molar-refractivity contribution in [2.45, 2.75) is 37.8 Å². The quantitative estimate of drug-likeness (QED) is 0.208. The summed E-state index contributed by atoms with van der Waals surface area (Å²) in [5, 5.41) is 15.7. The first kappa shape index (κ1) is 48.7. The predicted molar refractivity (Wildman–Crippen MR) is 263 cm³/mol. The van der Waals surface area contributed by atoms with Crippen molar-refractivity contribution >= 4 is 56.4 Å². The molecule has 2 N–H and O–H groups in total. The molecule has 71 heavy (non-hydrogen) atoms. The number of benzene rings is 8. The summed E-state index contributed by atoms with van der Waals surface area (Å²) in [6, 6.07) is 62.6. The molecule has 0 aliphatic heterocycles. The third-order valence-electron chi connectivity index (χ3n) is 13.3. The van der Waals surface area contributed by atoms with Crippen LogP contribution in [0.1, 0.15) is 36.8 Å². The number of Topliss-reactive ketones (excluding diaryl/α,β-unsaturated/α-hetero) is 2. The summed E-state index contributed by atoms with van der Waals surface area (Å²) >= 11 is 1.06. The first-order valence-corrected chi connectivity index (χ1v) is 25.0. The van der Waals surface area contributed by atoms with E-state index in [9.17, 15) is 0 Å². The van der Waals surface area contributed by atoms with Gasteiger partial charge < -0.3 is 10.6 Å².